The minimum Gasteiger partial charge on any atom is -0.340 e. The lowest BCUT2D eigenvalue weighted by atomic mass is 9.91. The van der Waals surface area contributed by atoms with Gasteiger partial charge in [0.05, 0.1) is 16.6 Å². The lowest BCUT2D eigenvalue weighted by Gasteiger charge is -2.19. The highest BCUT2D eigenvalue weighted by Gasteiger charge is 2.19. The number of hydrogen-bond donors (Lipinski definition) is 2. The predicted octanol–water partition coefficient (Wildman–Crippen LogP) is 4.29. The number of benzene rings is 1. The average Bonchev–Trinajstić information content (AvgIpc) is 3.09. The minimum atomic E-state index is -0.0914. The number of nitrogens with one attached hydrogen (secondary N) is 2. The maximum Gasteiger partial charge on any atom is 0.276 e. The van der Waals surface area contributed by atoms with Crippen LogP contribution in [0.15, 0.2) is 53.6 Å². The number of hydrogen-bond acceptors (Lipinski definition) is 5. The Morgan fingerprint density at radius 2 is 1.94 bits per heavy atom. The molecule has 0 fully saturated rings. The van der Waals surface area contributed by atoms with Crippen LogP contribution >= 0.6 is 0 Å². The summed E-state index contributed by atoms with van der Waals surface area (Å²) in [5.74, 6) is 0.707. The number of rotatable bonds is 4. The van der Waals surface area contributed by atoms with Crippen LogP contribution in [0.1, 0.15) is 44.5 Å². The van der Waals surface area contributed by atoms with Crippen molar-refractivity contribution < 1.29 is 0 Å². The number of anilines is 2. The molecule has 5 rings (SSSR count). The maximum atomic E-state index is 13.1. The van der Waals surface area contributed by atoms with E-state index in [0.29, 0.717) is 17.7 Å². The summed E-state index contributed by atoms with van der Waals surface area (Å²) < 4.78 is 3.74. The Morgan fingerprint density at radius 3 is 2.73 bits per heavy atom. The summed E-state index contributed by atoms with van der Waals surface area (Å²) in [6.07, 6.45) is 4.54. The molecule has 0 aliphatic carbocycles. The van der Waals surface area contributed by atoms with Crippen LogP contribution in [0, 0.1) is 0 Å². The first-order valence-corrected chi connectivity index (χ1v) is 11.5. The highest BCUT2D eigenvalue weighted by molar-refractivity contribution is 5.82. The zero-order chi connectivity index (χ0) is 23.2. The van der Waals surface area contributed by atoms with Crippen LogP contribution < -0.4 is 16.2 Å². The van der Waals surface area contributed by atoms with Crippen LogP contribution in [-0.2, 0) is 24.9 Å². The fourth-order valence-electron chi connectivity index (χ4n) is 4.44. The summed E-state index contributed by atoms with van der Waals surface area (Å²) in [6.45, 7) is 10.9. The summed E-state index contributed by atoms with van der Waals surface area (Å²) in [4.78, 5) is 22.2. The molecule has 1 aliphatic rings. The highest BCUT2D eigenvalue weighted by atomic mass is 16.1. The fraction of sp³-hybridized carbons (Fsp3) is 0.346. The van der Waals surface area contributed by atoms with Gasteiger partial charge in [0.25, 0.3) is 5.56 Å². The first-order chi connectivity index (χ1) is 15.8. The average molecular weight is 443 g/mol. The van der Waals surface area contributed by atoms with Gasteiger partial charge in [0.1, 0.15) is 5.82 Å². The van der Waals surface area contributed by atoms with Gasteiger partial charge in [-0.15, -0.1) is 0 Å². The molecular weight excluding hydrogens is 412 g/mol. The molecule has 0 spiro atoms. The standard InChI is InChI=1S/C26H30N6O/c1-5-31-25(33)21-16-29-24(30-19-7-6-17-8-10-27-15-18(17)12-19)14-22(21)32(31)20-9-11-28-23(13-20)26(2,3)4/h6-7,9,11-14,16,27H,5,8,10,15H2,1-4H3,(H,29,30). The molecule has 33 heavy (non-hydrogen) atoms. The molecular formula is C26H30N6O. The van der Waals surface area contributed by atoms with E-state index in [2.05, 4.69) is 65.6 Å². The summed E-state index contributed by atoms with van der Waals surface area (Å²) in [5, 5.41) is 7.46. The molecule has 0 atom stereocenters. The van der Waals surface area contributed by atoms with E-state index in [1.807, 2.05) is 29.9 Å². The Morgan fingerprint density at radius 1 is 1.09 bits per heavy atom. The Bertz CT molecular complexity index is 1390. The molecule has 1 aliphatic heterocycles. The van der Waals surface area contributed by atoms with Crippen molar-refractivity contribution in [1.82, 2.24) is 24.6 Å². The fourth-order valence-corrected chi connectivity index (χ4v) is 4.44. The second kappa shape index (κ2) is 8.15. The van der Waals surface area contributed by atoms with Crippen LogP contribution in [0.3, 0.4) is 0 Å². The molecule has 170 valence electrons. The van der Waals surface area contributed by atoms with Crippen molar-refractivity contribution in [2.45, 2.75) is 52.6 Å². The number of nitrogens with zero attached hydrogens (tertiary/aromatic N) is 4. The molecule has 0 saturated heterocycles. The number of pyridine rings is 2. The van der Waals surface area contributed by atoms with Crippen molar-refractivity contribution in [3.63, 3.8) is 0 Å². The normalized spacial score (nSPS) is 13.8. The molecule has 0 unspecified atom stereocenters. The molecule has 0 radical (unpaired) electrons. The Balaban J connectivity index is 1.60. The molecule has 0 amide bonds. The zero-order valence-corrected chi connectivity index (χ0v) is 19.6. The molecule has 2 N–H and O–H groups in total. The van der Waals surface area contributed by atoms with E-state index in [1.165, 1.54) is 11.1 Å². The van der Waals surface area contributed by atoms with Gasteiger partial charge in [0, 0.05) is 48.3 Å². The van der Waals surface area contributed by atoms with E-state index >= 15 is 0 Å². The van der Waals surface area contributed by atoms with E-state index in [0.717, 1.165) is 42.1 Å². The van der Waals surface area contributed by atoms with Crippen LogP contribution in [0.2, 0.25) is 0 Å². The van der Waals surface area contributed by atoms with Gasteiger partial charge in [0.15, 0.2) is 0 Å². The van der Waals surface area contributed by atoms with Gasteiger partial charge in [0.2, 0.25) is 0 Å². The number of fused-ring (bicyclic) bond motifs is 2. The van der Waals surface area contributed by atoms with E-state index in [-0.39, 0.29) is 11.0 Å². The zero-order valence-electron chi connectivity index (χ0n) is 19.6. The van der Waals surface area contributed by atoms with Gasteiger partial charge in [-0.3, -0.25) is 9.78 Å². The van der Waals surface area contributed by atoms with E-state index in [1.54, 1.807) is 10.9 Å². The van der Waals surface area contributed by atoms with Crippen LogP contribution in [0.25, 0.3) is 16.6 Å². The SMILES string of the molecule is CCn1c(=O)c2cnc(Nc3ccc4c(c3)CNCC4)cc2n1-c1ccnc(C(C)(C)C)c1. The predicted molar refractivity (Wildman–Crippen MR) is 133 cm³/mol. The van der Waals surface area contributed by atoms with Crippen LogP contribution in [0.5, 0.6) is 0 Å². The van der Waals surface area contributed by atoms with Gasteiger partial charge in [-0.2, -0.15) is 0 Å². The summed E-state index contributed by atoms with van der Waals surface area (Å²) in [5.41, 5.74) is 6.29. The van der Waals surface area contributed by atoms with Gasteiger partial charge < -0.3 is 10.6 Å². The molecule has 7 nitrogen and oxygen atoms in total. The van der Waals surface area contributed by atoms with E-state index in [4.69, 9.17) is 0 Å². The van der Waals surface area contributed by atoms with Crippen molar-refractivity contribution in [1.29, 1.82) is 0 Å². The lowest BCUT2D eigenvalue weighted by Crippen LogP contribution is -2.23. The largest absolute Gasteiger partial charge is 0.340 e. The molecule has 0 saturated carbocycles. The molecule has 3 aromatic heterocycles. The smallest absolute Gasteiger partial charge is 0.276 e. The van der Waals surface area contributed by atoms with Crippen molar-refractivity contribution in [3.8, 4) is 5.69 Å². The highest BCUT2D eigenvalue weighted by Crippen LogP contribution is 2.26. The van der Waals surface area contributed by atoms with Crippen molar-refractivity contribution in [2.75, 3.05) is 11.9 Å². The third-order valence-electron chi connectivity index (χ3n) is 6.24. The second-order valence-electron chi connectivity index (χ2n) is 9.60. The van der Waals surface area contributed by atoms with Crippen LogP contribution in [0.4, 0.5) is 11.5 Å². The van der Waals surface area contributed by atoms with Crippen molar-refractivity contribution in [3.05, 3.63) is 76.0 Å². The maximum absolute atomic E-state index is 13.1. The Labute approximate surface area is 193 Å². The van der Waals surface area contributed by atoms with E-state index < -0.39 is 0 Å². The van der Waals surface area contributed by atoms with Gasteiger partial charge in [-0.1, -0.05) is 26.8 Å². The van der Waals surface area contributed by atoms with Crippen LogP contribution in [-0.4, -0.2) is 25.9 Å². The molecule has 4 aromatic rings. The third-order valence-corrected chi connectivity index (χ3v) is 6.24. The lowest BCUT2D eigenvalue weighted by molar-refractivity contribution is 0.558. The summed E-state index contributed by atoms with van der Waals surface area (Å²) in [6, 6.07) is 12.4. The first kappa shape index (κ1) is 21.4. The van der Waals surface area contributed by atoms with Gasteiger partial charge >= 0.3 is 0 Å². The monoisotopic (exact) mass is 442 g/mol. The quantitative estimate of drug-likeness (QED) is 0.493. The Kier molecular flexibility index (Phi) is 5.29. The topological polar surface area (TPSA) is 76.8 Å². The Hall–Kier alpha value is -3.45. The van der Waals surface area contributed by atoms with E-state index in [9.17, 15) is 4.79 Å². The molecule has 7 heteroatoms. The molecule has 0 bridgehead atoms. The summed E-state index contributed by atoms with van der Waals surface area (Å²) in [7, 11) is 0. The van der Waals surface area contributed by atoms with Gasteiger partial charge in [-0.05, 0) is 55.3 Å². The molecule has 1 aromatic carbocycles. The first-order valence-electron chi connectivity index (χ1n) is 11.5. The number of aromatic nitrogens is 4. The summed E-state index contributed by atoms with van der Waals surface area (Å²) >= 11 is 0. The molecule has 4 heterocycles. The second-order valence-corrected chi connectivity index (χ2v) is 9.60. The third kappa shape index (κ3) is 3.93. The minimum absolute atomic E-state index is 0.0412. The van der Waals surface area contributed by atoms with Crippen molar-refractivity contribution in [2.24, 2.45) is 0 Å². The van der Waals surface area contributed by atoms with Crippen molar-refractivity contribution >= 4 is 22.4 Å². The van der Waals surface area contributed by atoms with Gasteiger partial charge in [-0.25, -0.2) is 14.3 Å².